The van der Waals surface area contributed by atoms with Crippen LogP contribution in [0.25, 0.3) is 11.3 Å². The minimum Gasteiger partial charge on any atom is -0.383 e. The van der Waals surface area contributed by atoms with Crippen LogP contribution in [0.5, 0.6) is 0 Å². The van der Waals surface area contributed by atoms with Gasteiger partial charge in [0.1, 0.15) is 17.3 Å². The van der Waals surface area contributed by atoms with Gasteiger partial charge in [0.25, 0.3) is 0 Å². The highest BCUT2D eigenvalue weighted by atomic mass is 79.9. The number of nitrogens with two attached hydrogens (primary N) is 1. The Balaban J connectivity index is 2.65. The van der Waals surface area contributed by atoms with Gasteiger partial charge < -0.3 is 10.3 Å². The lowest BCUT2D eigenvalue weighted by Gasteiger charge is -2.02. The molecule has 0 unspecified atom stereocenters. The fourth-order valence-electron chi connectivity index (χ4n) is 1.48. The molecule has 0 atom stereocenters. The summed E-state index contributed by atoms with van der Waals surface area (Å²) in [6.45, 7) is 1.94. The van der Waals surface area contributed by atoms with Crippen LogP contribution >= 0.6 is 15.9 Å². The molecule has 2 N–H and O–H groups in total. The van der Waals surface area contributed by atoms with Crippen molar-refractivity contribution in [1.29, 1.82) is 0 Å². The maximum Gasteiger partial charge on any atom is 0.131 e. The van der Waals surface area contributed by atoms with E-state index in [2.05, 4.69) is 20.9 Å². The molecule has 0 saturated heterocycles. The van der Waals surface area contributed by atoms with Gasteiger partial charge in [0, 0.05) is 17.1 Å². The van der Waals surface area contributed by atoms with E-state index in [-0.39, 0.29) is 0 Å². The van der Waals surface area contributed by atoms with E-state index in [1.165, 1.54) is 0 Å². The summed E-state index contributed by atoms with van der Waals surface area (Å²) in [5.74, 6) is 1.61. The zero-order chi connectivity index (χ0) is 11.0. The Morgan fingerprint density at radius 3 is 2.53 bits per heavy atom. The molecule has 0 bridgehead atoms. The van der Waals surface area contributed by atoms with Crippen LogP contribution in [-0.4, -0.2) is 9.55 Å². The number of halogens is 1. The van der Waals surface area contributed by atoms with Gasteiger partial charge in [-0.3, -0.25) is 0 Å². The molecule has 0 fully saturated rings. The van der Waals surface area contributed by atoms with Gasteiger partial charge in [0.15, 0.2) is 0 Å². The van der Waals surface area contributed by atoms with Gasteiger partial charge >= 0.3 is 0 Å². The summed E-state index contributed by atoms with van der Waals surface area (Å²) in [5, 5.41) is 0. The van der Waals surface area contributed by atoms with Crippen LogP contribution in [0.2, 0.25) is 0 Å². The smallest absolute Gasteiger partial charge is 0.131 e. The maximum atomic E-state index is 5.98. The number of nitrogen functional groups attached to an aromatic ring is 1. The van der Waals surface area contributed by atoms with E-state index in [1.807, 2.05) is 42.8 Å². The zero-order valence-electron chi connectivity index (χ0n) is 8.66. The number of aryl methyl sites for hydroxylation is 1. The summed E-state index contributed by atoms with van der Waals surface area (Å²) in [4.78, 5) is 4.45. The first-order valence-electron chi connectivity index (χ1n) is 4.65. The van der Waals surface area contributed by atoms with Gasteiger partial charge in [0.05, 0.1) is 0 Å². The van der Waals surface area contributed by atoms with E-state index in [4.69, 9.17) is 5.73 Å². The predicted molar refractivity (Wildman–Crippen MR) is 65.5 cm³/mol. The molecule has 0 aliphatic rings. The summed E-state index contributed by atoms with van der Waals surface area (Å²) in [6, 6.07) is 7.93. The molecule has 0 amide bonds. The Bertz CT molecular complexity index is 503. The van der Waals surface area contributed by atoms with Crippen molar-refractivity contribution in [3.8, 4) is 11.3 Å². The second-order valence-electron chi connectivity index (χ2n) is 3.43. The Labute approximate surface area is 97.1 Å². The Morgan fingerprint density at radius 1 is 1.33 bits per heavy atom. The molecule has 4 heteroatoms. The second kappa shape index (κ2) is 3.70. The second-order valence-corrected chi connectivity index (χ2v) is 4.29. The van der Waals surface area contributed by atoms with Crippen LogP contribution in [0.15, 0.2) is 28.7 Å². The highest BCUT2D eigenvalue weighted by Crippen LogP contribution is 2.31. The molecule has 0 saturated carbocycles. The standard InChI is InChI=1S/C11H12BrN3/c1-7-14-10(11(13)15(7)2)8-5-3-4-6-9(8)12/h3-6H,13H2,1-2H3. The Kier molecular flexibility index (Phi) is 2.52. The average Bonchev–Trinajstić information content (AvgIpc) is 2.47. The average molecular weight is 266 g/mol. The quantitative estimate of drug-likeness (QED) is 0.862. The van der Waals surface area contributed by atoms with Crippen molar-refractivity contribution in [2.24, 2.45) is 7.05 Å². The third kappa shape index (κ3) is 1.65. The van der Waals surface area contributed by atoms with E-state index in [9.17, 15) is 0 Å². The van der Waals surface area contributed by atoms with E-state index < -0.39 is 0 Å². The highest BCUT2D eigenvalue weighted by Gasteiger charge is 2.12. The van der Waals surface area contributed by atoms with E-state index in [1.54, 1.807) is 0 Å². The summed E-state index contributed by atoms with van der Waals surface area (Å²) in [7, 11) is 1.91. The molecule has 1 heterocycles. The third-order valence-electron chi connectivity index (χ3n) is 2.49. The zero-order valence-corrected chi connectivity index (χ0v) is 10.2. The molecular formula is C11H12BrN3. The molecule has 1 aromatic carbocycles. The predicted octanol–water partition coefficient (Wildman–Crippen LogP) is 2.74. The molecule has 78 valence electrons. The monoisotopic (exact) mass is 265 g/mol. The van der Waals surface area contributed by atoms with Gasteiger partial charge in [0.2, 0.25) is 0 Å². The lowest BCUT2D eigenvalue weighted by atomic mass is 10.1. The van der Waals surface area contributed by atoms with Gasteiger partial charge in [-0.15, -0.1) is 0 Å². The van der Waals surface area contributed by atoms with Crippen molar-refractivity contribution >= 4 is 21.7 Å². The molecule has 0 radical (unpaired) electrons. The topological polar surface area (TPSA) is 43.8 Å². The molecule has 2 rings (SSSR count). The maximum absolute atomic E-state index is 5.98. The highest BCUT2D eigenvalue weighted by molar-refractivity contribution is 9.10. The van der Waals surface area contributed by atoms with E-state index in [0.29, 0.717) is 5.82 Å². The van der Waals surface area contributed by atoms with E-state index in [0.717, 1.165) is 21.6 Å². The molecular weight excluding hydrogens is 254 g/mol. The number of hydrogen-bond donors (Lipinski definition) is 1. The number of anilines is 1. The van der Waals surface area contributed by atoms with Gasteiger partial charge in [-0.05, 0) is 13.0 Å². The molecule has 0 aliphatic heterocycles. The van der Waals surface area contributed by atoms with Crippen molar-refractivity contribution in [3.05, 3.63) is 34.6 Å². The fraction of sp³-hybridized carbons (Fsp3) is 0.182. The van der Waals surface area contributed by atoms with Gasteiger partial charge in [-0.25, -0.2) is 4.98 Å². The minimum absolute atomic E-state index is 0.694. The van der Waals surface area contributed by atoms with Crippen LogP contribution in [0.3, 0.4) is 0 Å². The molecule has 0 spiro atoms. The van der Waals surface area contributed by atoms with Crippen molar-refractivity contribution in [2.45, 2.75) is 6.92 Å². The van der Waals surface area contributed by atoms with Crippen LogP contribution in [0.1, 0.15) is 5.82 Å². The first-order chi connectivity index (χ1) is 7.11. The molecule has 15 heavy (non-hydrogen) atoms. The summed E-state index contributed by atoms with van der Waals surface area (Å²) in [6.07, 6.45) is 0. The fourth-order valence-corrected chi connectivity index (χ4v) is 1.95. The van der Waals surface area contributed by atoms with E-state index >= 15 is 0 Å². The SMILES string of the molecule is Cc1nc(-c2ccccc2Br)c(N)n1C. The number of benzene rings is 1. The number of aromatic nitrogens is 2. The van der Waals surface area contributed by atoms with Crippen LogP contribution in [0, 0.1) is 6.92 Å². The minimum atomic E-state index is 0.694. The van der Waals surface area contributed by atoms with Crippen LogP contribution < -0.4 is 5.73 Å². The molecule has 3 nitrogen and oxygen atoms in total. The number of rotatable bonds is 1. The lowest BCUT2D eigenvalue weighted by Crippen LogP contribution is -1.98. The first kappa shape index (κ1) is 10.2. The summed E-state index contributed by atoms with van der Waals surface area (Å²) in [5.41, 5.74) is 7.85. The van der Waals surface area contributed by atoms with Crippen LogP contribution in [0.4, 0.5) is 5.82 Å². The lowest BCUT2D eigenvalue weighted by molar-refractivity contribution is 0.868. The summed E-state index contributed by atoms with van der Waals surface area (Å²) >= 11 is 3.50. The normalized spacial score (nSPS) is 10.6. The molecule has 0 aliphatic carbocycles. The van der Waals surface area contributed by atoms with Crippen molar-refractivity contribution in [2.75, 3.05) is 5.73 Å². The Morgan fingerprint density at radius 2 is 2.00 bits per heavy atom. The summed E-state index contributed by atoms with van der Waals surface area (Å²) < 4.78 is 2.89. The number of imidazole rings is 1. The van der Waals surface area contributed by atoms with Crippen molar-refractivity contribution in [1.82, 2.24) is 9.55 Å². The van der Waals surface area contributed by atoms with Crippen molar-refractivity contribution in [3.63, 3.8) is 0 Å². The largest absolute Gasteiger partial charge is 0.383 e. The van der Waals surface area contributed by atoms with Crippen LogP contribution in [-0.2, 0) is 7.05 Å². The Hall–Kier alpha value is -1.29. The number of nitrogens with zero attached hydrogens (tertiary/aromatic N) is 2. The first-order valence-corrected chi connectivity index (χ1v) is 5.44. The number of hydrogen-bond acceptors (Lipinski definition) is 2. The molecule has 2 aromatic rings. The van der Waals surface area contributed by atoms with Crippen molar-refractivity contribution < 1.29 is 0 Å². The third-order valence-corrected chi connectivity index (χ3v) is 3.18. The van der Waals surface area contributed by atoms with Gasteiger partial charge in [-0.2, -0.15) is 0 Å². The van der Waals surface area contributed by atoms with Gasteiger partial charge in [-0.1, -0.05) is 34.1 Å². The molecule has 1 aromatic heterocycles.